The van der Waals surface area contributed by atoms with Crippen LogP contribution in [0.4, 0.5) is 0 Å². The predicted octanol–water partition coefficient (Wildman–Crippen LogP) is 1.10. The molecule has 3 aliphatic rings. The molecule has 0 spiro atoms. The Morgan fingerprint density at radius 3 is 2.70 bits per heavy atom. The Balaban J connectivity index is 1.23. The second-order valence-corrected chi connectivity index (χ2v) is 9.03. The van der Waals surface area contributed by atoms with Crippen LogP contribution in [-0.2, 0) is 27.5 Å². The Kier molecular flexibility index (Phi) is 5.94. The van der Waals surface area contributed by atoms with E-state index in [1.165, 1.54) is 4.90 Å². The normalized spacial score (nSPS) is 25.3. The van der Waals surface area contributed by atoms with Crippen molar-refractivity contribution in [1.82, 2.24) is 25.2 Å². The van der Waals surface area contributed by atoms with Gasteiger partial charge in [-0.2, -0.15) is 0 Å². The van der Waals surface area contributed by atoms with E-state index in [-0.39, 0.29) is 30.9 Å². The van der Waals surface area contributed by atoms with Crippen molar-refractivity contribution < 1.29 is 24.2 Å². The molecule has 33 heavy (non-hydrogen) atoms. The highest BCUT2D eigenvalue weighted by Gasteiger charge is 2.39. The number of aromatic nitrogens is 3. The highest BCUT2D eigenvalue weighted by molar-refractivity contribution is 6.05. The van der Waals surface area contributed by atoms with Crippen molar-refractivity contribution in [3.8, 4) is 5.69 Å². The first-order valence-corrected chi connectivity index (χ1v) is 11.4. The van der Waals surface area contributed by atoms with E-state index in [0.717, 1.165) is 42.6 Å². The molecule has 10 heteroatoms. The minimum absolute atomic E-state index is 0.183. The van der Waals surface area contributed by atoms with E-state index < -0.39 is 11.9 Å². The molecule has 1 unspecified atom stereocenters. The molecular weight excluding hydrogens is 426 g/mol. The van der Waals surface area contributed by atoms with Crippen molar-refractivity contribution in [1.29, 1.82) is 0 Å². The second-order valence-electron chi connectivity index (χ2n) is 9.03. The Morgan fingerprint density at radius 1 is 1.12 bits per heavy atom. The minimum Gasteiger partial charge on any atom is -0.396 e. The van der Waals surface area contributed by atoms with E-state index >= 15 is 0 Å². The summed E-state index contributed by atoms with van der Waals surface area (Å²) >= 11 is 0. The third-order valence-corrected chi connectivity index (χ3v) is 6.83. The summed E-state index contributed by atoms with van der Waals surface area (Å²) in [5.74, 6) is -0.525. The van der Waals surface area contributed by atoms with E-state index in [1.54, 1.807) is 16.8 Å². The number of nitrogens with one attached hydrogen (secondary N) is 1. The van der Waals surface area contributed by atoms with E-state index in [0.29, 0.717) is 31.1 Å². The fraction of sp³-hybridized carbons (Fsp3) is 0.522. The number of nitrogens with zero attached hydrogens (tertiary/aromatic N) is 4. The summed E-state index contributed by atoms with van der Waals surface area (Å²) < 4.78 is 7.64. The lowest BCUT2D eigenvalue weighted by Gasteiger charge is -2.29. The summed E-state index contributed by atoms with van der Waals surface area (Å²) in [7, 11) is 0. The lowest BCUT2D eigenvalue weighted by atomic mass is 9.88. The van der Waals surface area contributed by atoms with Crippen LogP contribution in [0.2, 0.25) is 0 Å². The molecule has 1 aromatic carbocycles. The third-order valence-electron chi connectivity index (χ3n) is 6.83. The first kappa shape index (κ1) is 21.7. The molecule has 10 nitrogen and oxygen atoms in total. The summed E-state index contributed by atoms with van der Waals surface area (Å²) in [6, 6.07) is 4.80. The van der Waals surface area contributed by atoms with Gasteiger partial charge < -0.3 is 14.7 Å². The average Bonchev–Trinajstić information content (AvgIpc) is 3.43. The second kappa shape index (κ2) is 9.03. The number of benzene rings is 1. The number of carbonyl (C=O) groups excluding carboxylic acids is 3. The number of aliphatic hydroxyl groups is 1. The highest BCUT2D eigenvalue weighted by atomic mass is 16.5. The Hall–Kier alpha value is -3.11. The fourth-order valence-corrected chi connectivity index (χ4v) is 4.88. The maximum Gasteiger partial charge on any atom is 0.255 e. The number of aliphatic hydroxyl groups excluding tert-OH is 1. The Morgan fingerprint density at radius 2 is 1.94 bits per heavy atom. The van der Waals surface area contributed by atoms with Gasteiger partial charge in [-0.3, -0.25) is 19.7 Å². The van der Waals surface area contributed by atoms with E-state index in [2.05, 4.69) is 15.6 Å². The van der Waals surface area contributed by atoms with Gasteiger partial charge in [0, 0.05) is 25.1 Å². The van der Waals surface area contributed by atoms with Crippen LogP contribution in [0.5, 0.6) is 0 Å². The molecule has 1 atom stereocenters. The number of fused-ring (bicyclic) bond motifs is 1. The van der Waals surface area contributed by atoms with Crippen LogP contribution in [0.15, 0.2) is 24.4 Å². The first-order valence-electron chi connectivity index (χ1n) is 11.4. The van der Waals surface area contributed by atoms with Gasteiger partial charge >= 0.3 is 0 Å². The van der Waals surface area contributed by atoms with Crippen LogP contribution in [0, 0.1) is 5.92 Å². The molecule has 3 heterocycles. The zero-order valence-corrected chi connectivity index (χ0v) is 18.3. The molecule has 1 aliphatic carbocycles. The van der Waals surface area contributed by atoms with Crippen LogP contribution in [0.1, 0.15) is 60.1 Å². The van der Waals surface area contributed by atoms with Crippen LogP contribution in [-0.4, -0.2) is 61.5 Å². The Bertz CT molecular complexity index is 1070. The SMILES string of the molecule is O=C1CCC(N2Cc3cc(-n4cc(COC5CCC(CO)CC5)nn4)ccc3C2=O)C(=O)N1. The van der Waals surface area contributed by atoms with Gasteiger partial charge in [0.05, 0.1) is 24.6 Å². The summed E-state index contributed by atoms with van der Waals surface area (Å²) in [5, 5.41) is 20.0. The molecule has 2 aromatic rings. The van der Waals surface area contributed by atoms with Gasteiger partial charge in [-0.25, -0.2) is 4.68 Å². The van der Waals surface area contributed by atoms with Crippen LogP contribution in [0.25, 0.3) is 5.69 Å². The smallest absolute Gasteiger partial charge is 0.255 e. The standard InChI is InChI=1S/C23H27N5O5/c29-12-14-1-4-18(5-2-14)33-13-16-11-28(26-25-16)17-3-6-19-15(9-17)10-27(23(19)32)20-7-8-21(30)24-22(20)31/h3,6,9,11,14,18,20,29H,1-2,4-5,7-8,10,12-13H2,(H,24,30,31). The topological polar surface area (TPSA) is 127 Å². The van der Waals surface area contributed by atoms with Gasteiger partial charge in [0.15, 0.2) is 0 Å². The van der Waals surface area contributed by atoms with Gasteiger partial charge in [0.1, 0.15) is 11.7 Å². The molecule has 1 aromatic heterocycles. The molecule has 1 saturated carbocycles. The Labute approximate surface area is 190 Å². The molecule has 2 N–H and O–H groups in total. The molecule has 1 saturated heterocycles. The number of hydrogen-bond donors (Lipinski definition) is 2. The predicted molar refractivity (Wildman–Crippen MR) is 115 cm³/mol. The number of hydrogen-bond acceptors (Lipinski definition) is 7. The lowest BCUT2D eigenvalue weighted by molar-refractivity contribution is -0.136. The number of carbonyl (C=O) groups is 3. The van der Waals surface area contributed by atoms with Crippen molar-refractivity contribution in [2.24, 2.45) is 5.92 Å². The minimum atomic E-state index is -0.631. The molecule has 5 rings (SSSR count). The number of amides is 3. The third kappa shape index (κ3) is 4.40. The summed E-state index contributed by atoms with van der Waals surface area (Å²) in [4.78, 5) is 38.0. The summed E-state index contributed by atoms with van der Waals surface area (Å²) in [5.41, 5.74) is 2.87. The largest absolute Gasteiger partial charge is 0.396 e. The van der Waals surface area contributed by atoms with Crippen molar-refractivity contribution in [3.63, 3.8) is 0 Å². The molecule has 0 radical (unpaired) electrons. The number of piperidine rings is 1. The van der Waals surface area contributed by atoms with Gasteiger partial charge in [-0.15, -0.1) is 5.10 Å². The molecule has 3 amide bonds. The van der Waals surface area contributed by atoms with Crippen LogP contribution in [0.3, 0.4) is 0 Å². The van der Waals surface area contributed by atoms with Crippen molar-refractivity contribution in [2.75, 3.05) is 6.61 Å². The van der Waals surface area contributed by atoms with Gasteiger partial charge in [0.25, 0.3) is 5.91 Å². The van der Waals surface area contributed by atoms with Crippen LogP contribution < -0.4 is 5.32 Å². The maximum atomic E-state index is 12.8. The van der Waals surface area contributed by atoms with Crippen LogP contribution >= 0.6 is 0 Å². The number of rotatable bonds is 6. The number of imide groups is 1. The summed E-state index contributed by atoms with van der Waals surface area (Å²) in [6.45, 7) is 0.940. The molecule has 2 aliphatic heterocycles. The van der Waals surface area contributed by atoms with Gasteiger partial charge in [-0.05, 0) is 61.8 Å². The monoisotopic (exact) mass is 453 g/mol. The summed E-state index contributed by atoms with van der Waals surface area (Å²) in [6.07, 6.45) is 6.43. The van der Waals surface area contributed by atoms with Gasteiger partial charge in [0.2, 0.25) is 11.8 Å². The number of ether oxygens (including phenoxy) is 1. The van der Waals surface area contributed by atoms with Crippen molar-refractivity contribution in [3.05, 3.63) is 41.2 Å². The highest BCUT2D eigenvalue weighted by Crippen LogP contribution is 2.29. The lowest BCUT2D eigenvalue weighted by Crippen LogP contribution is -2.52. The molecular formula is C23H27N5O5. The molecule has 2 fully saturated rings. The fourth-order valence-electron chi connectivity index (χ4n) is 4.88. The van der Waals surface area contributed by atoms with Crippen molar-refractivity contribution >= 4 is 17.7 Å². The van der Waals surface area contributed by atoms with Crippen molar-refractivity contribution in [2.45, 2.75) is 63.8 Å². The van der Waals surface area contributed by atoms with E-state index in [4.69, 9.17) is 4.74 Å². The maximum absolute atomic E-state index is 12.8. The van der Waals surface area contributed by atoms with E-state index in [1.807, 2.05) is 12.3 Å². The first-order chi connectivity index (χ1) is 16.0. The van der Waals surface area contributed by atoms with E-state index in [9.17, 15) is 19.5 Å². The molecule has 0 bridgehead atoms. The van der Waals surface area contributed by atoms with Gasteiger partial charge in [-0.1, -0.05) is 5.21 Å². The quantitative estimate of drug-likeness (QED) is 0.627. The average molecular weight is 453 g/mol. The molecule has 174 valence electrons. The zero-order chi connectivity index (χ0) is 22.9. The zero-order valence-electron chi connectivity index (χ0n) is 18.3.